The average Bonchev–Trinajstić information content (AvgIpc) is 3.11. The van der Waals surface area contributed by atoms with E-state index in [1.54, 1.807) is 6.92 Å². The summed E-state index contributed by atoms with van der Waals surface area (Å²) < 4.78 is 36.9. The third-order valence-corrected chi connectivity index (χ3v) is 6.70. The molecule has 1 aliphatic rings. The minimum Gasteiger partial charge on any atom is -0.452 e. The number of sulfonamides is 1. The van der Waals surface area contributed by atoms with Crippen LogP contribution in [0.5, 0.6) is 0 Å². The fourth-order valence-electron chi connectivity index (χ4n) is 3.15. The van der Waals surface area contributed by atoms with Crippen molar-refractivity contribution in [3.05, 3.63) is 41.7 Å². The molecule has 1 fully saturated rings. The minimum atomic E-state index is -3.61. The number of aryl methyl sites for hydroxylation is 1. The lowest BCUT2D eigenvalue weighted by Gasteiger charge is -2.32. The molecule has 1 aromatic carbocycles. The number of carbonyl (C=O) groups is 2. The molecule has 10 heteroatoms. The molecular formula is C19H23N3O6S. The van der Waals surface area contributed by atoms with Gasteiger partial charge in [-0.25, -0.2) is 13.2 Å². The van der Waals surface area contributed by atoms with Crippen molar-refractivity contribution in [3.63, 3.8) is 0 Å². The Morgan fingerprint density at radius 3 is 2.62 bits per heavy atom. The van der Waals surface area contributed by atoms with Crippen molar-refractivity contribution in [1.29, 1.82) is 0 Å². The minimum absolute atomic E-state index is 0.0505. The van der Waals surface area contributed by atoms with Crippen LogP contribution in [0.4, 0.5) is 5.82 Å². The molecule has 0 saturated carbocycles. The summed E-state index contributed by atoms with van der Waals surface area (Å²) in [5, 5.41) is 6.04. The van der Waals surface area contributed by atoms with Gasteiger partial charge in [-0.1, -0.05) is 11.6 Å². The lowest BCUT2D eigenvalue weighted by Crippen LogP contribution is -2.41. The fraction of sp³-hybridized carbons (Fsp3) is 0.421. The molecule has 156 valence electrons. The molecular weight excluding hydrogens is 398 g/mol. The predicted octanol–water partition coefficient (Wildman–Crippen LogP) is 2.34. The summed E-state index contributed by atoms with van der Waals surface area (Å²) in [6.45, 7) is 3.57. The molecule has 29 heavy (non-hydrogen) atoms. The van der Waals surface area contributed by atoms with Crippen molar-refractivity contribution in [3.8, 4) is 0 Å². The molecule has 0 radical (unpaired) electrons. The van der Waals surface area contributed by atoms with Crippen LogP contribution in [-0.4, -0.2) is 48.9 Å². The van der Waals surface area contributed by atoms with Crippen LogP contribution < -0.4 is 5.32 Å². The van der Waals surface area contributed by atoms with Crippen LogP contribution >= 0.6 is 0 Å². The van der Waals surface area contributed by atoms with Crippen LogP contribution in [0.25, 0.3) is 0 Å². The van der Waals surface area contributed by atoms with Gasteiger partial charge in [-0.05, 0) is 51.0 Å². The van der Waals surface area contributed by atoms with Crippen molar-refractivity contribution in [1.82, 2.24) is 9.46 Å². The quantitative estimate of drug-likeness (QED) is 0.711. The van der Waals surface area contributed by atoms with E-state index >= 15 is 0 Å². The molecule has 9 nitrogen and oxygen atoms in total. The van der Waals surface area contributed by atoms with Crippen molar-refractivity contribution < 1.29 is 27.3 Å². The molecule has 1 atom stereocenters. The van der Waals surface area contributed by atoms with Crippen LogP contribution in [0.3, 0.4) is 0 Å². The highest BCUT2D eigenvalue weighted by molar-refractivity contribution is 7.89. The summed E-state index contributed by atoms with van der Waals surface area (Å²) in [5.74, 6) is -0.534. The number of hydrogen-bond acceptors (Lipinski definition) is 7. The Morgan fingerprint density at radius 2 is 2.00 bits per heavy atom. The first-order valence-corrected chi connectivity index (χ1v) is 10.7. The van der Waals surface area contributed by atoms with Crippen LogP contribution in [0.1, 0.15) is 42.3 Å². The van der Waals surface area contributed by atoms with Crippen molar-refractivity contribution in [2.45, 2.75) is 44.0 Å². The number of benzene rings is 1. The number of piperidine rings is 1. The predicted molar refractivity (Wildman–Crippen MR) is 104 cm³/mol. The van der Waals surface area contributed by atoms with Gasteiger partial charge in [0.05, 0.1) is 10.5 Å². The van der Waals surface area contributed by atoms with E-state index in [9.17, 15) is 18.0 Å². The van der Waals surface area contributed by atoms with E-state index in [1.165, 1.54) is 34.6 Å². The molecule has 2 aromatic rings. The first-order valence-electron chi connectivity index (χ1n) is 9.29. The van der Waals surface area contributed by atoms with E-state index in [-0.39, 0.29) is 22.3 Å². The van der Waals surface area contributed by atoms with Gasteiger partial charge in [0.25, 0.3) is 5.91 Å². The smallest absolute Gasteiger partial charge is 0.338 e. The number of nitrogens with one attached hydrogen (secondary N) is 1. The Bertz CT molecular complexity index is 984. The van der Waals surface area contributed by atoms with E-state index in [4.69, 9.17) is 9.26 Å². The van der Waals surface area contributed by atoms with Crippen LogP contribution in [-0.2, 0) is 19.6 Å². The number of carbonyl (C=O) groups excluding carboxylic acids is 2. The molecule has 2 heterocycles. The molecule has 1 aromatic heterocycles. The zero-order chi connectivity index (χ0) is 21.0. The second-order valence-corrected chi connectivity index (χ2v) is 8.82. The maximum Gasteiger partial charge on any atom is 0.338 e. The van der Waals surface area contributed by atoms with Crippen LogP contribution in [0.15, 0.2) is 39.8 Å². The second kappa shape index (κ2) is 8.75. The van der Waals surface area contributed by atoms with Gasteiger partial charge >= 0.3 is 5.97 Å². The standard InChI is InChI=1S/C19H23N3O6S/c1-13-5-3-4-10-22(13)29(25,26)16-8-6-15(7-9-16)19(24)27-12-18(23)20-17-11-14(2)28-21-17/h6-9,11,13H,3-5,10,12H2,1-2H3,(H,20,21,23)/t13-/m0/s1. The first kappa shape index (κ1) is 21.0. The van der Waals surface area contributed by atoms with Crippen molar-refractivity contribution >= 4 is 27.7 Å². The average molecular weight is 421 g/mol. The third kappa shape index (κ3) is 5.01. The fourth-order valence-corrected chi connectivity index (χ4v) is 4.85. The normalized spacial score (nSPS) is 17.7. The largest absolute Gasteiger partial charge is 0.452 e. The van der Waals surface area contributed by atoms with E-state index in [0.29, 0.717) is 12.3 Å². The summed E-state index contributed by atoms with van der Waals surface area (Å²) in [6.07, 6.45) is 2.69. The van der Waals surface area contributed by atoms with Gasteiger partial charge in [0, 0.05) is 18.7 Å². The molecule has 1 amide bonds. The summed E-state index contributed by atoms with van der Waals surface area (Å²) >= 11 is 0. The molecule has 0 aliphatic carbocycles. The van der Waals surface area contributed by atoms with Crippen LogP contribution in [0, 0.1) is 6.92 Å². The van der Waals surface area contributed by atoms with Gasteiger partial charge < -0.3 is 14.6 Å². The van der Waals surface area contributed by atoms with Crippen molar-refractivity contribution in [2.24, 2.45) is 0 Å². The van der Waals surface area contributed by atoms with Gasteiger partial charge in [0.15, 0.2) is 12.4 Å². The van der Waals surface area contributed by atoms with Gasteiger partial charge in [0.1, 0.15) is 5.76 Å². The topological polar surface area (TPSA) is 119 Å². The van der Waals surface area contributed by atoms with Gasteiger partial charge in [0.2, 0.25) is 10.0 Å². The monoisotopic (exact) mass is 421 g/mol. The summed E-state index contributed by atoms with van der Waals surface area (Å²) in [4.78, 5) is 24.0. The molecule has 1 aliphatic heterocycles. The van der Waals surface area contributed by atoms with E-state index in [1.807, 2.05) is 6.92 Å². The second-order valence-electron chi connectivity index (χ2n) is 6.93. The van der Waals surface area contributed by atoms with Crippen LogP contribution in [0.2, 0.25) is 0 Å². The first-order chi connectivity index (χ1) is 13.8. The Morgan fingerprint density at radius 1 is 1.28 bits per heavy atom. The maximum absolute atomic E-state index is 12.8. The number of aromatic nitrogens is 1. The maximum atomic E-state index is 12.8. The van der Waals surface area contributed by atoms with E-state index in [2.05, 4.69) is 10.5 Å². The zero-order valence-electron chi connectivity index (χ0n) is 16.3. The van der Waals surface area contributed by atoms with Gasteiger partial charge in [-0.3, -0.25) is 4.79 Å². The zero-order valence-corrected chi connectivity index (χ0v) is 17.1. The molecule has 1 N–H and O–H groups in total. The Balaban J connectivity index is 1.59. The summed E-state index contributed by atoms with van der Waals surface area (Å²) in [7, 11) is -3.61. The molecule has 1 saturated heterocycles. The highest BCUT2D eigenvalue weighted by Gasteiger charge is 2.31. The lowest BCUT2D eigenvalue weighted by atomic mass is 10.1. The SMILES string of the molecule is Cc1cc(NC(=O)COC(=O)c2ccc(S(=O)(=O)N3CCCC[C@@H]3C)cc2)no1. The number of anilines is 1. The Hall–Kier alpha value is -2.72. The summed E-state index contributed by atoms with van der Waals surface area (Å²) in [5.41, 5.74) is 0.153. The number of ether oxygens (including phenoxy) is 1. The number of amides is 1. The molecule has 0 bridgehead atoms. The highest BCUT2D eigenvalue weighted by Crippen LogP contribution is 2.25. The van der Waals surface area contributed by atoms with Crippen molar-refractivity contribution in [2.75, 3.05) is 18.5 Å². The highest BCUT2D eigenvalue weighted by atomic mass is 32.2. The molecule has 0 spiro atoms. The number of hydrogen-bond donors (Lipinski definition) is 1. The Labute approximate surface area is 169 Å². The Kier molecular flexibility index (Phi) is 6.33. The van der Waals surface area contributed by atoms with Gasteiger partial charge in [-0.15, -0.1) is 0 Å². The third-order valence-electron chi connectivity index (χ3n) is 4.67. The lowest BCUT2D eigenvalue weighted by molar-refractivity contribution is -0.119. The summed E-state index contributed by atoms with van der Waals surface area (Å²) in [6, 6.07) is 7.00. The van der Waals surface area contributed by atoms with E-state index < -0.39 is 28.5 Å². The molecule has 0 unspecified atom stereocenters. The van der Waals surface area contributed by atoms with E-state index in [0.717, 1.165) is 19.3 Å². The number of esters is 1. The number of rotatable bonds is 6. The number of nitrogens with zero attached hydrogens (tertiary/aromatic N) is 2. The molecule has 3 rings (SSSR count). The van der Waals surface area contributed by atoms with Gasteiger partial charge in [-0.2, -0.15) is 4.31 Å².